The van der Waals surface area contributed by atoms with E-state index in [9.17, 15) is 0 Å². The van der Waals surface area contributed by atoms with Gasteiger partial charge in [0, 0.05) is 37.4 Å². The van der Waals surface area contributed by atoms with Crippen LogP contribution in [0.5, 0.6) is 0 Å². The van der Waals surface area contributed by atoms with Gasteiger partial charge in [-0.05, 0) is 38.3 Å². The van der Waals surface area contributed by atoms with Crippen LogP contribution in [0.1, 0.15) is 25.8 Å². The Labute approximate surface area is 109 Å². The van der Waals surface area contributed by atoms with Crippen LogP contribution >= 0.6 is 0 Å². The number of aryl methyl sites for hydroxylation is 1. The molecule has 3 heterocycles. The summed E-state index contributed by atoms with van der Waals surface area (Å²) >= 11 is 0. The monoisotopic (exact) mass is 248 g/mol. The standard InChI is InChI=1S/C14H24N4/c1-3-14-13-7-15-6-12(13)10-17(14)8-11-5-16-18(4-2)9-11/h5,9,12-15H,3-4,6-8,10H2,1-2H3. The minimum Gasteiger partial charge on any atom is -0.316 e. The Morgan fingerprint density at radius 2 is 2.28 bits per heavy atom. The molecule has 4 nitrogen and oxygen atoms in total. The third-order valence-electron chi connectivity index (χ3n) is 4.64. The molecule has 0 spiro atoms. The Kier molecular flexibility index (Phi) is 3.39. The first-order valence-electron chi connectivity index (χ1n) is 7.28. The number of hydrogen-bond donors (Lipinski definition) is 1. The molecule has 2 fully saturated rings. The van der Waals surface area contributed by atoms with Crippen molar-refractivity contribution in [1.82, 2.24) is 20.0 Å². The second-order valence-electron chi connectivity index (χ2n) is 5.69. The van der Waals surface area contributed by atoms with Crippen LogP contribution in [0, 0.1) is 11.8 Å². The Hall–Kier alpha value is -0.870. The average molecular weight is 248 g/mol. The quantitative estimate of drug-likeness (QED) is 0.873. The van der Waals surface area contributed by atoms with Crippen molar-refractivity contribution in [3.63, 3.8) is 0 Å². The molecule has 2 aliphatic heterocycles. The summed E-state index contributed by atoms with van der Waals surface area (Å²) in [6.07, 6.45) is 5.49. The van der Waals surface area contributed by atoms with E-state index in [1.807, 2.05) is 10.9 Å². The van der Waals surface area contributed by atoms with E-state index < -0.39 is 0 Å². The number of aromatic nitrogens is 2. The van der Waals surface area contributed by atoms with Crippen LogP contribution in [0.4, 0.5) is 0 Å². The molecular weight excluding hydrogens is 224 g/mol. The Morgan fingerprint density at radius 1 is 1.39 bits per heavy atom. The van der Waals surface area contributed by atoms with Gasteiger partial charge in [-0.15, -0.1) is 0 Å². The summed E-state index contributed by atoms with van der Waals surface area (Å²) in [6, 6.07) is 0.759. The lowest BCUT2D eigenvalue weighted by atomic mass is 9.93. The first-order valence-corrected chi connectivity index (χ1v) is 7.28. The summed E-state index contributed by atoms with van der Waals surface area (Å²) in [4.78, 5) is 2.67. The zero-order chi connectivity index (χ0) is 12.5. The summed E-state index contributed by atoms with van der Waals surface area (Å²) in [5, 5.41) is 7.92. The molecule has 0 aliphatic carbocycles. The first-order chi connectivity index (χ1) is 8.81. The van der Waals surface area contributed by atoms with Crippen molar-refractivity contribution in [1.29, 1.82) is 0 Å². The lowest BCUT2D eigenvalue weighted by Crippen LogP contribution is -2.34. The van der Waals surface area contributed by atoms with Gasteiger partial charge in [0.2, 0.25) is 0 Å². The zero-order valence-corrected chi connectivity index (χ0v) is 11.5. The summed E-state index contributed by atoms with van der Waals surface area (Å²) < 4.78 is 2.02. The summed E-state index contributed by atoms with van der Waals surface area (Å²) in [7, 11) is 0. The fourth-order valence-electron chi connectivity index (χ4n) is 3.75. The maximum absolute atomic E-state index is 4.38. The molecule has 1 aromatic rings. The van der Waals surface area contributed by atoms with Gasteiger partial charge in [-0.25, -0.2) is 0 Å². The van der Waals surface area contributed by atoms with E-state index in [0.717, 1.165) is 31.0 Å². The molecule has 4 heteroatoms. The molecule has 1 aromatic heterocycles. The first kappa shape index (κ1) is 12.2. The average Bonchev–Trinajstić information content (AvgIpc) is 3.04. The molecule has 3 atom stereocenters. The highest BCUT2D eigenvalue weighted by atomic mass is 15.3. The molecule has 0 bridgehead atoms. The van der Waals surface area contributed by atoms with E-state index in [0.29, 0.717) is 0 Å². The summed E-state index contributed by atoms with van der Waals surface area (Å²) in [5.74, 6) is 1.74. The third-order valence-corrected chi connectivity index (χ3v) is 4.64. The van der Waals surface area contributed by atoms with Gasteiger partial charge in [-0.1, -0.05) is 6.92 Å². The topological polar surface area (TPSA) is 33.1 Å². The van der Waals surface area contributed by atoms with Crippen molar-refractivity contribution in [3.8, 4) is 0 Å². The second kappa shape index (κ2) is 5.02. The van der Waals surface area contributed by atoms with Crippen LogP contribution in [0.25, 0.3) is 0 Å². The van der Waals surface area contributed by atoms with E-state index >= 15 is 0 Å². The molecule has 0 saturated carbocycles. The fraction of sp³-hybridized carbons (Fsp3) is 0.786. The van der Waals surface area contributed by atoms with E-state index in [1.54, 1.807) is 0 Å². The van der Waals surface area contributed by atoms with Crippen LogP contribution < -0.4 is 5.32 Å². The van der Waals surface area contributed by atoms with Gasteiger partial charge in [0.25, 0.3) is 0 Å². The third kappa shape index (κ3) is 2.08. The van der Waals surface area contributed by atoms with Crippen LogP contribution in [0.3, 0.4) is 0 Å². The summed E-state index contributed by atoms with van der Waals surface area (Å²) in [6.45, 7) is 10.2. The van der Waals surface area contributed by atoms with Gasteiger partial charge in [0.15, 0.2) is 0 Å². The van der Waals surface area contributed by atoms with E-state index in [-0.39, 0.29) is 0 Å². The molecule has 3 unspecified atom stereocenters. The number of nitrogens with one attached hydrogen (secondary N) is 1. The molecule has 1 N–H and O–H groups in total. The Bertz CT molecular complexity index is 400. The van der Waals surface area contributed by atoms with E-state index in [2.05, 4.69) is 35.4 Å². The minimum atomic E-state index is 0.759. The molecule has 0 amide bonds. The van der Waals surface area contributed by atoms with E-state index in [4.69, 9.17) is 0 Å². The zero-order valence-electron chi connectivity index (χ0n) is 11.5. The largest absolute Gasteiger partial charge is 0.316 e. The van der Waals surface area contributed by atoms with Gasteiger partial charge >= 0.3 is 0 Å². The van der Waals surface area contributed by atoms with E-state index in [1.165, 1.54) is 31.6 Å². The number of likely N-dealkylation sites (tertiary alicyclic amines) is 1. The number of rotatable bonds is 4. The predicted octanol–water partition coefficient (Wildman–Crippen LogP) is 1.33. The van der Waals surface area contributed by atoms with Crippen LogP contribution in [0.15, 0.2) is 12.4 Å². The highest BCUT2D eigenvalue weighted by Gasteiger charge is 2.42. The molecule has 3 rings (SSSR count). The van der Waals surface area contributed by atoms with Crippen molar-refractivity contribution in [2.45, 2.75) is 39.4 Å². The SMILES string of the molecule is CCC1C2CNCC2CN1Cc1cnn(CC)c1. The Balaban J connectivity index is 1.68. The summed E-state index contributed by atoms with van der Waals surface area (Å²) in [5.41, 5.74) is 1.36. The maximum Gasteiger partial charge on any atom is 0.0534 e. The lowest BCUT2D eigenvalue weighted by Gasteiger charge is -2.26. The van der Waals surface area contributed by atoms with Crippen LogP contribution in [0.2, 0.25) is 0 Å². The van der Waals surface area contributed by atoms with Crippen molar-refractivity contribution in [2.75, 3.05) is 19.6 Å². The highest BCUT2D eigenvalue weighted by Crippen LogP contribution is 2.34. The molecule has 0 aromatic carbocycles. The predicted molar refractivity (Wildman–Crippen MR) is 72.2 cm³/mol. The fourth-order valence-corrected chi connectivity index (χ4v) is 3.75. The highest BCUT2D eigenvalue weighted by molar-refractivity contribution is 5.07. The molecule has 2 saturated heterocycles. The van der Waals surface area contributed by atoms with Crippen LogP contribution in [-0.2, 0) is 13.1 Å². The van der Waals surface area contributed by atoms with Crippen molar-refractivity contribution in [2.24, 2.45) is 11.8 Å². The normalized spacial score (nSPS) is 32.0. The smallest absolute Gasteiger partial charge is 0.0534 e. The van der Waals surface area contributed by atoms with Gasteiger partial charge in [-0.3, -0.25) is 9.58 Å². The number of hydrogen-bond acceptors (Lipinski definition) is 3. The Morgan fingerprint density at radius 3 is 3.00 bits per heavy atom. The molecule has 0 radical (unpaired) electrons. The molecule has 18 heavy (non-hydrogen) atoms. The maximum atomic E-state index is 4.38. The minimum absolute atomic E-state index is 0.759. The molecule has 100 valence electrons. The molecule has 2 aliphatic rings. The number of nitrogens with zero attached hydrogens (tertiary/aromatic N) is 3. The van der Waals surface area contributed by atoms with Gasteiger partial charge < -0.3 is 5.32 Å². The number of fused-ring (bicyclic) bond motifs is 1. The van der Waals surface area contributed by atoms with Crippen LogP contribution in [-0.4, -0.2) is 40.4 Å². The second-order valence-corrected chi connectivity index (χ2v) is 5.69. The van der Waals surface area contributed by atoms with Crippen molar-refractivity contribution >= 4 is 0 Å². The van der Waals surface area contributed by atoms with Gasteiger partial charge in [0.1, 0.15) is 0 Å². The van der Waals surface area contributed by atoms with Crippen molar-refractivity contribution < 1.29 is 0 Å². The van der Waals surface area contributed by atoms with Crippen molar-refractivity contribution in [3.05, 3.63) is 18.0 Å². The lowest BCUT2D eigenvalue weighted by molar-refractivity contribution is 0.210. The molecular formula is C14H24N4. The van der Waals surface area contributed by atoms with Gasteiger partial charge in [0.05, 0.1) is 6.20 Å². The van der Waals surface area contributed by atoms with Gasteiger partial charge in [-0.2, -0.15) is 5.10 Å².